The average molecular weight is 525 g/mol. The smallest absolute Gasteiger partial charge is 0.269 e. The number of hydrogen-bond acceptors (Lipinski definition) is 6. The second kappa shape index (κ2) is 10.9. The van der Waals surface area contributed by atoms with Gasteiger partial charge in [0.1, 0.15) is 17.5 Å². The summed E-state index contributed by atoms with van der Waals surface area (Å²) in [5, 5.41) is 15.8. The van der Waals surface area contributed by atoms with Crippen LogP contribution in [0.3, 0.4) is 0 Å². The molecule has 1 saturated heterocycles. The van der Waals surface area contributed by atoms with Crippen molar-refractivity contribution < 1.29 is 18.5 Å². The van der Waals surface area contributed by atoms with E-state index in [1.54, 1.807) is 9.58 Å². The minimum absolute atomic E-state index is 0.0681. The Bertz CT molecular complexity index is 1340. The van der Waals surface area contributed by atoms with E-state index in [0.717, 1.165) is 48.8 Å². The number of carbonyl (C=O) groups is 1. The maximum absolute atomic E-state index is 14.3. The van der Waals surface area contributed by atoms with Gasteiger partial charge in [0.2, 0.25) is 0 Å². The number of nitro groups is 1. The van der Waals surface area contributed by atoms with Gasteiger partial charge in [0.25, 0.3) is 11.6 Å². The maximum Gasteiger partial charge on any atom is 0.269 e. The quantitative estimate of drug-likeness (QED) is 0.344. The van der Waals surface area contributed by atoms with Gasteiger partial charge in [-0.25, -0.2) is 8.78 Å². The first-order valence-corrected chi connectivity index (χ1v) is 12.8. The third-order valence-electron chi connectivity index (χ3n) is 7.37. The molecule has 2 heterocycles. The van der Waals surface area contributed by atoms with Gasteiger partial charge in [-0.15, -0.1) is 0 Å². The summed E-state index contributed by atoms with van der Waals surface area (Å²) < 4.78 is 29.3. The standard InChI is InChI=1S/C27H30F2N6O3/c1-31-26(22-4-2-3-5-24(22)30-31)34(27(36)19-6-9-21(10-7-19)35(37)38)17-14-32-12-15-33(16-13-32)25-11-8-20(28)18-23(25)29/h6-11,18H,2-5,12-17H2,1H3. The fraction of sp³-hybridized carbons (Fsp3) is 0.407. The molecule has 38 heavy (non-hydrogen) atoms. The number of anilines is 2. The van der Waals surface area contributed by atoms with Crippen LogP contribution in [-0.4, -0.2) is 64.8 Å². The summed E-state index contributed by atoms with van der Waals surface area (Å²) in [6, 6.07) is 9.31. The molecule has 0 radical (unpaired) electrons. The first kappa shape index (κ1) is 25.8. The van der Waals surface area contributed by atoms with Crippen molar-refractivity contribution >= 4 is 23.1 Å². The Morgan fingerprint density at radius 3 is 2.45 bits per heavy atom. The van der Waals surface area contributed by atoms with Gasteiger partial charge in [0.05, 0.1) is 16.3 Å². The van der Waals surface area contributed by atoms with Crippen molar-refractivity contribution in [2.45, 2.75) is 25.7 Å². The highest BCUT2D eigenvalue weighted by Gasteiger charge is 2.29. The Balaban J connectivity index is 1.33. The molecule has 0 unspecified atom stereocenters. The van der Waals surface area contributed by atoms with Gasteiger partial charge in [-0.1, -0.05) is 0 Å². The van der Waals surface area contributed by atoms with Gasteiger partial charge in [0.15, 0.2) is 0 Å². The summed E-state index contributed by atoms with van der Waals surface area (Å²) >= 11 is 0. The van der Waals surface area contributed by atoms with Crippen LogP contribution in [-0.2, 0) is 19.9 Å². The fourth-order valence-electron chi connectivity index (χ4n) is 5.38. The topological polar surface area (TPSA) is 87.8 Å². The van der Waals surface area contributed by atoms with Gasteiger partial charge < -0.3 is 4.90 Å². The molecule has 0 bridgehead atoms. The van der Waals surface area contributed by atoms with Gasteiger partial charge in [-0.05, 0) is 49.9 Å². The number of nitrogens with zero attached hydrogens (tertiary/aromatic N) is 6. The van der Waals surface area contributed by atoms with Crippen LogP contribution in [0.15, 0.2) is 42.5 Å². The minimum atomic E-state index is -0.597. The van der Waals surface area contributed by atoms with Crippen LogP contribution in [0.2, 0.25) is 0 Å². The molecule has 0 N–H and O–H groups in total. The van der Waals surface area contributed by atoms with Gasteiger partial charge in [-0.3, -0.25) is 29.4 Å². The first-order chi connectivity index (χ1) is 18.3. The molecule has 0 spiro atoms. The number of nitro benzene ring substituents is 1. The number of rotatable bonds is 7. The van der Waals surface area contributed by atoms with E-state index in [1.165, 1.54) is 36.4 Å². The largest absolute Gasteiger partial charge is 0.367 e. The zero-order valence-corrected chi connectivity index (χ0v) is 21.3. The van der Waals surface area contributed by atoms with Crippen LogP contribution in [0.1, 0.15) is 34.5 Å². The van der Waals surface area contributed by atoms with Crippen LogP contribution >= 0.6 is 0 Å². The molecule has 9 nitrogen and oxygen atoms in total. The van der Waals surface area contributed by atoms with Crippen molar-refractivity contribution in [2.24, 2.45) is 7.05 Å². The maximum atomic E-state index is 14.3. The summed E-state index contributed by atoms with van der Waals surface area (Å²) in [7, 11) is 1.85. The van der Waals surface area contributed by atoms with Crippen molar-refractivity contribution in [1.29, 1.82) is 0 Å². The SMILES string of the molecule is Cn1nc2c(c1N(CCN1CCN(c3ccc(F)cc3F)CC1)C(=O)c1ccc([N+](=O)[O-])cc1)CCCC2. The molecular weight excluding hydrogens is 494 g/mol. The number of fused-ring (bicyclic) bond motifs is 1. The molecule has 0 atom stereocenters. The van der Waals surface area contributed by atoms with Gasteiger partial charge in [0, 0.05) is 75.6 Å². The van der Waals surface area contributed by atoms with Crippen molar-refractivity contribution in [2.75, 3.05) is 49.1 Å². The Hall–Kier alpha value is -3.86. The van der Waals surface area contributed by atoms with Crippen LogP contribution in [0.4, 0.5) is 26.0 Å². The van der Waals surface area contributed by atoms with Crippen LogP contribution in [0.25, 0.3) is 0 Å². The van der Waals surface area contributed by atoms with Crippen LogP contribution in [0, 0.1) is 21.7 Å². The lowest BCUT2D eigenvalue weighted by molar-refractivity contribution is -0.384. The Morgan fingerprint density at radius 2 is 1.76 bits per heavy atom. The Kier molecular flexibility index (Phi) is 7.37. The zero-order valence-electron chi connectivity index (χ0n) is 21.3. The molecule has 0 saturated carbocycles. The highest BCUT2D eigenvalue weighted by Crippen LogP contribution is 2.31. The molecule has 1 aromatic heterocycles. The lowest BCUT2D eigenvalue weighted by atomic mass is 9.97. The van der Waals surface area contributed by atoms with Crippen molar-refractivity contribution in [3.8, 4) is 0 Å². The van der Waals surface area contributed by atoms with Crippen molar-refractivity contribution in [3.63, 3.8) is 0 Å². The number of aromatic nitrogens is 2. The first-order valence-electron chi connectivity index (χ1n) is 12.8. The molecule has 200 valence electrons. The monoisotopic (exact) mass is 524 g/mol. The molecule has 5 rings (SSSR count). The van der Waals surface area contributed by atoms with Crippen LogP contribution < -0.4 is 9.80 Å². The number of non-ortho nitro benzene ring substituents is 1. The van der Waals surface area contributed by atoms with E-state index in [0.29, 0.717) is 50.5 Å². The van der Waals surface area contributed by atoms with E-state index >= 15 is 0 Å². The molecule has 1 amide bonds. The second-order valence-corrected chi connectivity index (χ2v) is 9.76. The lowest BCUT2D eigenvalue weighted by Gasteiger charge is -2.37. The van der Waals surface area contributed by atoms with Gasteiger partial charge >= 0.3 is 0 Å². The normalized spacial score (nSPS) is 15.8. The minimum Gasteiger partial charge on any atom is -0.367 e. The molecule has 1 aliphatic heterocycles. The summed E-state index contributed by atoms with van der Waals surface area (Å²) in [5.74, 6) is -0.627. The van der Waals surface area contributed by atoms with Crippen LogP contribution in [0.5, 0.6) is 0 Å². The molecule has 1 aliphatic carbocycles. The molecule has 2 aromatic carbocycles. The third-order valence-corrected chi connectivity index (χ3v) is 7.37. The number of hydrogen-bond donors (Lipinski definition) is 0. The summed E-state index contributed by atoms with van der Waals surface area (Å²) in [4.78, 5) is 30.2. The molecular formula is C27H30F2N6O3. The predicted molar refractivity (Wildman–Crippen MR) is 140 cm³/mol. The highest BCUT2D eigenvalue weighted by atomic mass is 19.1. The number of piperazine rings is 1. The molecule has 2 aliphatic rings. The number of carbonyl (C=O) groups excluding carboxylic acids is 1. The predicted octanol–water partition coefficient (Wildman–Crippen LogP) is 3.95. The van der Waals surface area contributed by atoms with Crippen molar-refractivity contribution in [1.82, 2.24) is 14.7 Å². The van der Waals surface area contributed by atoms with Gasteiger partial charge in [-0.2, -0.15) is 5.10 Å². The Morgan fingerprint density at radius 1 is 1.05 bits per heavy atom. The zero-order chi connectivity index (χ0) is 26.8. The number of amides is 1. The number of halogens is 2. The van der Waals surface area contributed by atoms with E-state index in [1.807, 2.05) is 11.9 Å². The van der Waals surface area contributed by atoms with E-state index in [2.05, 4.69) is 10.00 Å². The molecule has 3 aromatic rings. The Labute approximate surface area is 219 Å². The average Bonchev–Trinajstić information content (AvgIpc) is 3.25. The van der Waals surface area contributed by atoms with Crippen molar-refractivity contribution in [3.05, 3.63) is 81.0 Å². The second-order valence-electron chi connectivity index (χ2n) is 9.76. The van der Waals surface area contributed by atoms with E-state index in [9.17, 15) is 23.7 Å². The molecule has 1 fully saturated rings. The van der Waals surface area contributed by atoms with E-state index in [4.69, 9.17) is 0 Å². The number of benzene rings is 2. The lowest BCUT2D eigenvalue weighted by Crippen LogP contribution is -2.49. The molecule has 11 heteroatoms. The summed E-state index contributed by atoms with van der Waals surface area (Å²) in [5.41, 5.74) is 2.80. The fourth-order valence-corrected chi connectivity index (χ4v) is 5.38. The highest BCUT2D eigenvalue weighted by molar-refractivity contribution is 6.06. The van der Waals surface area contributed by atoms with E-state index in [-0.39, 0.29) is 11.6 Å². The number of aryl methyl sites for hydroxylation is 2. The van der Waals surface area contributed by atoms with E-state index < -0.39 is 16.6 Å². The summed E-state index contributed by atoms with van der Waals surface area (Å²) in [6.45, 7) is 3.50. The third kappa shape index (κ3) is 5.24. The summed E-state index contributed by atoms with van der Waals surface area (Å²) in [6.07, 6.45) is 3.83.